The number of likely N-dealkylation sites (tertiary alicyclic amines) is 1. The van der Waals surface area contributed by atoms with Crippen LogP contribution in [0.2, 0.25) is 0 Å². The third kappa shape index (κ3) is 5.74. The number of nitrogens with zero attached hydrogens (tertiary/aromatic N) is 1. The van der Waals surface area contributed by atoms with Crippen molar-refractivity contribution in [3.63, 3.8) is 0 Å². The van der Waals surface area contributed by atoms with Crippen LogP contribution in [-0.4, -0.2) is 37.1 Å². The highest BCUT2D eigenvalue weighted by atomic mass is 19.2. The minimum Gasteiger partial charge on any atom is -0.338 e. The lowest BCUT2D eigenvalue weighted by Gasteiger charge is -2.30. The first-order valence-corrected chi connectivity index (χ1v) is 8.67. The standard InChI is InChI=1S/C18H27F2N3O/c1-13-6-10-23(11-7-13)9-3-8-21-18(24)22-14(2)15-4-5-16(19)17(20)12-15/h4-5,12-14H,3,6-11H2,1-2H3,(H2,21,22,24). The zero-order valence-corrected chi connectivity index (χ0v) is 14.4. The normalized spacial score (nSPS) is 17.5. The van der Waals surface area contributed by atoms with Crippen LogP contribution in [0.5, 0.6) is 0 Å². The Hall–Kier alpha value is -1.69. The molecule has 6 heteroatoms. The van der Waals surface area contributed by atoms with Crippen LogP contribution in [0, 0.1) is 17.6 Å². The SMILES string of the molecule is CC1CCN(CCCNC(=O)NC(C)c2ccc(F)c(F)c2)CC1. The summed E-state index contributed by atoms with van der Waals surface area (Å²) in [4.78, 5) is 14.3. The van der Waals surface area contributed by atoms with Gasteiger partial charge in [0.15, 0.2) is 11.6 Å². The fraction of sp³-hybridized carbons (Fsp3) is 0.611. The molecule has 1 heterocycles. The molecule has 1 aromatic rings. The quantitative estimate of drug-likeness (QED) is 0.780. The van der Waals surface area contributed by atoms with Gasteiger partial charge in [0.1, 0.15) is 0 Å². The Bertz CT molecular complexity index is 545. The summed E-state index contributed by atoms with van der Waals surface area (Å²) in [5, 5.41) is 5.55. The Morgan fingerprint density at radius 1 is 1.29 bits per heavy atom. The number of nitrogens with one attached hydrogen (secondary N) is 2. The van der Waals surface area contributed by atoms with E-state index in [4.69, 9.17) is 0 Å². The van der Waals surface area contributed by atoms with Crippen LogP contribution in [0.25, 0.3) is 0 Å². The first-order chi connectivity index (χ1) is 11.5. The number of halogens is 2. The summed E-state index contributed by atoms with van der Waals surface area (Å²) < 4.78 is 26.1. The second-order valence-corrected chi connectivity index (χ2v) is 6.67. The molecule has 0 aromatic heterocycles. The van der Waals surface area contributed by atoms with E-state index in [0.717, 1.165) is 44.1 Å². The van der Waals surface area contributed by atoms with Crippen molar-refractivity contribution in [2.24, 2.45) is 5.92 Å². The lowest BCUT2D eigenvalue weighted by molar-refractivity contribution is 0.190. The predicted molar refractivity (Wildman–Crippen MR) is 90.8 cm³/mol. The van der Waals surface area contributed by atoms with Crippen LogP contribution in [0.15, 0.2) is 18.2 Å². The second-order valence-electron chi connectivity index (χ2n) is 6.67. The van der Waals surface area contributed by atoms with Gasteiger partial charge < -0.3 is 15.5 Å². The summed E-state index contributed by atoms with van der Waals surface area (Å²) in [6.07, 6.45) is 3.40. The molecule has 1 unspecified atom stereocenters. The molecule has 0 aliphatic carbocycles. The van der Waals surface area contributed by atoms with Crippen LogP contribution in [0.1, 0.15) is 44.7 Å². The van der Waals surface area contributed by atoms with Gasteiger partial charge in [-0.05, 0) is 69.4 Å². The van der Waals surface area contributed by atoms with Crippen molar-refractivity contribution in [2.75, 3.05) is 26.2 Å². The minimum atomic E-state index is -0.905. The van der Waals surface area contributed by atoms with E-state index in [0.29, 0.717) is 12.1 Å². The monoisotopic (exact) mass is 339 g/mol. The Labute approximate surface area is 142 Å². The van der Waals surface area contributed by atoms with Gasteiger partial charge in [0.05, 0.1) is 6.04 Å². The predicted octanol–water partition coefficient (Wildman–Crippen LogP) is 3.45. The molecule has 1 aliphatic heterocycles. The highest BCUT2D eigenvalue weighted by Gasteiger charge is 2.15. The van der Waals surface area contributed by atoms with Gasteiger partial charge in [-0.25, -0.2) is 13.6 Å². The Kier molecular flexibility index (Phi) is 6.97. The fourth-order valence-corrected chi connectivity index (χ4v) is 2.90. The summed E-state index contributed by atoms with van der Waals surface area (Å²) in [6, 6.07) is 2.97. The minimum absolute atomic E-state index is 0.292. The van der Waals surface area contributed by atoms with E-state index in [1.807, 2.05) is 0 Å². The van der Waals surface area contributed by atoms with E-state index in [-0.39, 0.29) is 12.1 Å². The van der Waals surface area contributed by atoms with E-state index in [1.165, 1.54) is 18.9 Å². The maximum Gasteiger partial charge on any atom is 0.315 e. The molecule has 1 saturated heterocycles. The number of hydrogen-bond donors (Lipinski definition) is 2. The molecular formula is C18H27F2N3O. The molecule has 1 aromatic carbocycles. The highest BCUT2D eigenvalue weighted by Crippen LogP contribution is 2.16. The number of benzene rings is 1. The van der Waals surface area contributed by atoms with E-state index < -0.39 is 11.6 Å². The maximum absolute atomic E-state index is 13.2. The second kappa shape index (κ2) is 8.97. The maximum atomic E-state index is 13.2. The number of rotatable bonds is 6. The van der Waals surface area contributed by atoms with Crippen molar-refractivity contribution in [1.29, 1.82) is 0 Å². The number of amides is 2. The van der Waals surface area contributed by atoms with Crippen LogP contribution in [-0.2, 0) is 0 Å². The molecule has 1 atom stereocenters. The summed E-state index contributed by atoms with van der Waals surface area (Å²) in [6.45, 7) is 7.90. The number of piperidine rings is 1. The van der Waals surface area contributed by atoms with Crippen LogP contribution in [0.4, 0.5) is 13.6 Å². The van der Waals surface area contributed by atoms with Crippen molar-refractivity contribution in [1.82, 2.24) is 15.5 Å². The molecule has 1 aliphatic rings. The Morgan fingerprint density at radius 2 is 2.00 bits per heavy atom. The number of carbonyl (C=O) groups excluding carboxylic acids is 1. The smallest absolute Gasteiger partial charge is 0.315 e. The lowest BCUT2D eigenvalue weighted by atomic mass is 9.99. The molecule has 0 bridgehead atoms. The topological polar surface area (TPSA) is 44.4 Å². The molecule has 2 rings (SSSR count). The zero-order chi connectivity index (χ0) is 17.5. The lowest BCUT2D eigenvalue weighted by Crippen LogP contribution is -2.39. The van der Waals surface area contributed by atoms with Gasteiger partial charge in [0, 0.05) is 6.54 Å². The van der Waals surface area contributed by atoms with Crippen molar-refractivity contribution >= 4 is 6.03 Å². The summed E-state index contributed by atoms with van der Waals surface area (Å²) >= 11 is 0. The van der Waals surface area contributed by atoms with Gasteiger partial charge in [-0.15, -0.1) is 0 Å². The molecular weight excluding hydrogens is 312 g/mol. The third-order valence-corrected chi connectivity index (χ3v) is 4.60. The Balaban J connectivity index is 1.64. The van der Waals surface area contributed by atoms with Gasteiger partial charge in [0.2, 0.25) is 0 Å². The van der Waals surface area contributed by atoms with Crippen molar-refractivity contribution in [2.45, 2.75) is 39.2 Å². The molecule has 0 radical (unpaired) electrons. The molecule has 0 spiro atoms. The van der Waals surface area contributed by atoms with Crippen LogP contribution in [0.3, 0.4) is 0 Å². The average Bonchev–Trinajstić information content (AvgIpc) is 2.55. The van der Waals surface area contributed by atoms with Gasteiger partial charge in [-0.1, -0.05) is 13.0 Å². The van der Waals surface area contributed by atoms with E-state index in [2.05, 4.69) is 22.5 Å². The summed E-state index contributed by atoms with van der Waals surface area (Å²) in [5.74, 6) is -0.970. The van der Waals surface area contributed by atoms with Gasteiger partial charge >= 0.3 is 6.03 Å². The summed E-state index contributed by atoms with van der Waals surface area (Å²) in [7, 11) is 0. The molecule has 2 N–H and O–H groups in total. The first-order valence-electron chi connectivity index (χ1n) is 8.67. The molecule has 134 valence electrons. The van der Waals surface area contributed by atoms with Crippen LogP contribution >= 0.6 is 0 Å². The largest absolute Gasteiger partial charge is 0.338 e. The zero-order valence-electron chi connectivity index (χ0n) is 14.4. The molecule has 0 saturated carbocycles. The van der Waals surface area contributed by atoms with E-state index in [1.54, 1.807) is 6.92 Å². The third-order valence-electron chi connectivity index (χ3n) is 4.60. The van der Waals surface area contributed by atoms with Crippen molar-refractivity contribution in [3.05, 3.63) is 35.4 Å². The van der Waals surface area contributed by atoms with E-state index in [9.17, 15) is 13.6 Å². The van der Waals surface area contributed by atoms with Crippen molar-refractivity contribution < 1.29 is 13.6 Å². The molecule has 2 amide bonds. The molecule has 4 nitrogen and oxygen atoms in total. The van der Waals surface area contributed by atoms with Crippen LogP contribution < -0.4 is 10.6 Å². The average molecular weight is 339 g/mol. The van der Waals surface area contributed by atoms with Gasteiger partial charge in [-0.2, -0.15) is 0 Å². The van der Waals surface area contributed by atoms with Crippen molar-refractivity contribution in [3.8, 4) is 0 Å². The van der Waals surface area contributed by atoms with Gasteiger partial charge in [0.25, 0.3) is 0 Å². The fourth-order valence-electron chi connectivity index (χ4n) is 2.90. The molecule has 24 heavy (non-hydrogen) atoms. The number of urea groups is 1. The number of hydrogen-bond acceptors (Lipinski definition) is 2. The van der Waals surface area contributed by atoms with Gasteiger partial charge in [-0.3, -0.25) is 0 Å². The highest BCUT2D eigenvalue weighted by molar-refractivity contribution is 5.74. The molecule has 1 fully saturated rings. The number of carbonyl (C=O) groups is 1. The first kappa shape index (κ1) is 18.6. The Morgan fingerprint density at radius 3 is 2.67 bits per heavy atom. The van der Waals surface area contributed by atoms with E-state index >= 15 is 0 Å². The summed E-state index contributed by atoms with van der Waals surface area (Å²) in [5.41, 5.74) is 0.534.